The van der Waals surface area contributed by atoms with E-state index in [9.17, 15) is 4.79 Å². The van der Waals surface area contributed by atoms with Gasteiger partial charge in [0.1, 0.15) is 5.69 Å². The summed E-state index contributed by atoms with van der Waals surface area (Å²) in [6.45, 7) is 0. The summed E-state index contributed by atoms with van der Waals surface area (Å²) < 4.78 is 1.70. The smallest absolute Gasteiger partial charge is 0.276 e. The molecule has 0 unspecified atom stereocenters. The average molecular weight is 324 g/mol. The first kappa shape index (κ1) is 14.3. The molecule has 1 N–H and O–H groups in total. The molecule has 1 aromatic carbocycles. The molecule has 2 aromatic heterocycles. The van der Waals surface area contributed by atoms with Crippen molar-refractivity contribution in [1.82, 2.24) is 14.6 Å². The van der Waals surface area contributed by atoms with E-state index < -0.39 is 0 Å². The first-order valence-corrected chi connectivity index (χ1v) is 8.77. The second-order valence-corrected chi connectivity index (χ2v) is 6.53. The molecule has 4 rings (SSSR count). The van der Waals surface area contributed by atoms with Crippen LogP contribution < -0.4 is 5.32 Å². The maximum absolute atomic E-state index is 12.4. The highest BCUT2D eigenvalue weighted by molar-refractivity contribution is 7.98. The van der Waals surface area contributed by atoms with Crippen LogP contribution in [-0.2, 0) is 0 Å². The van der Waals surface area contributed by atoms with Crippen molar-refractivity contribution >= 4 is 29.0 Å². The summed E-state index contributed by atoms with van der Waals surface area (Å²) in [7, 11) is 0. The third kappa shape index (κ3) is 2.94. The molecule has 1 aliphatic carbocycles. The van der Waals surface area contributed by atoms with Crippen molar-refractivity contribution in [1.29, 1.82) is 0 Å². The van der Waals surface area contributed by atoms with Crippen LogP contribution in [0.25, 0.3) is 5.65 Å². The van der Waals surface area contributed by atoms with Crippen molar-refractivity contribution in [2.75, 3.05) is 11.6 Å². The highest BCUT2D eigenvalue weighted by atomic mass is 32.2. The van der Waals surface area contributed by atoms with Gasteiger partial charge in [-0.2, -0.15) is 5.10 Å². The molecule has 0 saturated heterocycles. The van der Waals surface area contributed by atoms with Crippen LogP contribution in [0.1, 0.15) is 34.9 Å². The third-order valence-electron chi connectivity index (χ3n) is 3.89. The van der Waals surface area contributed by atoms with Crippen molar-refractivity contribution in [2.24, 2.45) is 0 Å². The molecule has 0 spiro atoms. The lowest BCUT2D eigenvalue weighted by Crippen LogP contribution is -2.15. The number of benzene rings is 1. The number of hydrogen-bond donors (Lipinski definition) is 1. The van der Waals surface area contributed by atoms with Gasteiger partial charge in [0.15, 0.2) is 5.65 Å². The molecule has 5 nitrogen and oxygen atoms in total. The van der Waals surface area contributed by atoms with Crippen LogP contribution in [0.5, 0.6) is 0 Å². The Hall–Kier alpha value is -2.34. The zero-order valence-electron chi connectivity index (χ0n) is 12.7. The molecular weight excluding hydrogens is 308 g/mol. The van der Waals surface area contributed by atoms with Crippen LogP contribution in [0.3, 0.4) is 0 Å². The summed E-state index contributed by atoms with van der Waals surface area (Å²) in [6, 6.07) is 11.3. The Morgan fingerprint density at radius 3 is 2.96 bits per heavy atom. The summed E-state index contributed by atoms with van der Waals surface area (Å²) >= 11 is 1.64. The third-order valence-corrected chi connectivity index (χ3v) is 4.62. The molecule has 0 bridgehead atoms. The maximum atomic E-state index is 12.4. The van der Waals surface area contributed by atoms with Crippen molar-refractivity contribution < 1.29 is 4.79 Å². The van der Waals surface area contributed by atoms with Gasteiger partial charge in [-0.25, -0.2) is 9.50 Å². The molecule has 116 valence electrons. The molecule has 1 amide bonds. The molecule has 1 saturated carbocycles. The van der Waals surface area contributed by atoms with Crippen molar-refractivity contribution in [3.05, 3.63) is 54.0 Å². The minimum Gasteiger partial charge on any atom is -0.321 e. The summed E-state index contributed by atoms with van der Waals surface area (Å²) in [6.07, 6.45) is 6.33. The van der Waals surface area contributed by atoms with E-state index in [1.54, 1.807) is 22.3 Å². The standard InChI is InChI=1S/C17H16N4OS/c1-23-13-4-2-3-12(9-13)18-17(22)14-7-8-16-19-15(11-5-6-11)10-21(16)20-14/h2-4,7-11H,5-6H2,1H3,(H,18,22). The molecule has 23 heavy (non-hydrogen) atoms. The molecular formula is C17H16N4OS. The number of aromatic nitrogens is 3. The largest absolute Gasteiger partial charge is 0.321 e. The Kier molecular flexibility index (Phi) is 3.53. The SMILES string of the molecule is CSc1cccc(NC(=O)c2ccc3nc(C4CC4)cn3n2)c1. The molecule has 0 aliphatic heterocycles. The van der Waals surface area contributed by atoms with Gasteiger partial charge >= 0.3 is 0 Å². The van der Waals surface area contributed by atoms with Gasteiger partial charge in [-0.3, -0.25) is 4.79 Å². The zero-order valence-corrected chi connectivity index (χ0v) is 13.5. The molecule has 1 aliphatic rings. The van der Waals surface area contributed by atoms with Crippen LogP contribution in [-0.4, -0.2) is 26.8 Å². The number of nitrogens with one attached hydrogen (secondary N) is 1. The minimum absolute atomic E-state index is 0.216. The number of carbonyl (C=O) groups is 1. The summed E-state index contributed by atoms with van der Waals surface area (Å²) in [5, 5.41) is 7.27. The van der Waals surface area contributed by atoms with E-state index >= 15 is 0 Å². The fourth-order valence-electron chi connectivity index (χ4n) is 2.49. The molecule has 3 aromatic rings. The Bertz CT molecular complexity index is 885. The van der Waals surface area contributed by atoms with E-state index in [4.69, 9.17) is 0 Å². The van der Waals surface area contributed by atoms with Gasteiger partial charge in [-0.15, -0.1) is 11.8 Å². The first-order chi connectivity index (χ1) is 11.2. The van der Waals surface area contributed by atoms with E-state index in [1.807, 2.05) is 42.8 Å². The fourth-order valence-corrected chi connectivity index (χ4v) is 2.95. The summed E-state index contributed by atoms with van der Waals surface area (Å²) in [5.74, 6) is 0.357. The van der Waals surface area contributed by atoms with Gasteiger partial charge in [0.2, 0.25) is 0 Å². The predicted molar refractivity (Wildman–Crippen MR) is 91.1 cm³/mol. The van der Waals surface area contributed by atoms with E-state index in [1.165, 1.54) is 12.8 Å². The van der Waals surface area contributed by atoms with Gasteiger partial charge in [-0.05, 0) is 49.4 Å². The molecule has 1 fully saturated rings. The number of fused-ring (bicyclic) bond motifs is 1. The second-order valence-electron chi connectivity index (χ2n) is 5.65. The summed E-state index contributed by atoms with van der Waals surface area (Å²) in [4.78, 5) is 18.1. The number of nitrogens with zero attached hydrogens (tertiary/aromatic N) is 3. The summed E-state index contributed by atoms with van der Waals surface area (Å²) in [5.41, 5.74) is 3.01. The lowest BCUT2D eigenvalue weighted by atomic mass is 10.3. The van der Waals surface area contributed by atoms with E-state index in [-0.39, 0.29) is 5.91 Å². The van der Waals surface area contributed by atoms with E-state index in [2.05, 4.69) is 15.4 Å². The van der Waals surface area contributed by atoms with E-state index in [0.29, 0.717) is 11.6 Å². The van der Waals surface area contributed by atoms with Gasteiger partial charge in [0.05, 0.1) is 11.9 Å². The van der Waals surface area contributed by atoms with Crippen molar-refractivity contribution in [2.45, 2.75) is 23.7 Å². The molecule has 2 heterocycles. The highest BCUT2D eigenvalue weighted by Crippen LogP contribution is 2.39. The Morgan fingerprint density at radius 2 is 2.17 bits per heavy atom. The number of thioether (sulfide) groups is 1. The van der Waals surface area contributed by atoms with Gasteiger partial charge in [0, 0.05) is 16.5 Å². The number of amides is 1. The van der Waals surface area contributed by atoms with Gasteiger partial charge in [0.25, 0.3) is 5.91 Å². The first-order valence-electron chi connectivity index (χ1n) is 7.55. The number of hydrogen-bond acceptors (Lipinski definition) is 4. The average Bonchev–Trinajstić information content (AvgIpc) is 3.33. The quantitative estimate of drug-likeness (QED) is 0.745. The number of anilines is 1. The number of rotatable bonds is 4. The van der Waals surface area contributed by atoms with Crippen LogP contribution >= 0.6 is 11.8 Å². The lowest BCUT2D eigenvalue weighted by molar-refractivity contribution is 0.102. The Morgan fingerprint density at radius 1 is 1.30 bits per heavy atom. The Balaban J connectivity index is 1.58. The minimum atomic E-state index is -0.216. The van der Waals surface area contributed by atoms with Crippen molar-refractivity contribution in [3.8, 4) is 0 Å². The van der Waals surface area contributed by atoms with Crippen LogP contribution in [0.2, 0.25) is 0 Å². The monoisotopic (exact) mass is 324 g/mol. The van der Waals surface area contributed by atoms with E-state index in [0.717, 1.165) is 21.9 Å². The Labute approximate surface area is 138 Å². The normalized spacial score (nSPS) is 14.1. The van der Waals surface area contributed by atoms with Crippen LogP contribution in [0.15, 0.2) is 47.5 Å². The maximum Gasteiger partial charge on any atom is 0.276 e. The van der Waals surface area contributed by atoms with Crippen molar-refractivity contribution in [3.63, 3.8) is 0 Å². The zero-order chi connectivity index (χ0) is 15.8. The van der Waals surface area contributed by atoms with Crippen LogP contribution in [0, 0.1) is 0 Å². The van der Waals surface area contributed by atoms with Gasteiger partial charge in [-0.1, -0.05) is 6.07 Å². The fraction of sp³-hybridized carbons (Fsp3) is 0.235. The second kappa shape index (κ2) is 5.70. The topological polar surface area (TPSA) is 59.3 Å². The lowest BCUT2D eigenvalue weighted by Gasteiger charge is -2.06. The van der Waals surface area contributed by atoms with Crippen LogP contribution in [0.4, 0.5) is 5.69 Å². The molecule has 0 radical (unpaired) electrons. The highest BCUT2D eigenvalue weighted by Gasteiger charge is 2.26. The van der Waals surface area contributed by atoms with Gasteiger partial charge < -0.3 is 5.32 Å². The predicted octanol–water partition coefficient (Wildman–Crippen LogP) is 3.58. The number of carbonyl (C=O) groups excluding carboxylic acids is 1. The molecule has 6 heteroatoms. The number of imidazole rings is 1. The molecule has 0 atom stereocenters.